The van der Waals surface area contributed by atoms with Crippen LogP contribution < -0.4 is 10.1 Å². The second-order valence-electron chi connectivity index (χ2n) is 5.29. The molecule has 1 amide bonds. The Hall–Kier alpha value is -2.66. The molecule has 0 aliphatic heterocycles. The number of carbonyl (C=O) groups excluding carboxylic acids is 1. The van der Waals surface area contributed by atoms with E-state index >= 15 is 0 Å². The lowest BCUT2D eigenvalue weighted by Crippen LogP contribution is -2.14. The lowest BCUT2D eigenvalue weighted by Gasteiger charge is -2.08. The summed E-state index contributed by atoms with van der Waals surface area (Å²) < 4.78 is 6.66. The molecule has 0 aliphatic rings. The third-order valence-corrected chi connectivity index (χ3v) is 4.25. The van der Waals surface area contributed by atoms with Crippen molar-refractivity contribution in [1.82, 2.24) is 4.98 Å². The molecule has 0 spiro atoms. The normalized spacial score (nSPS) is 11.0. The van der Waals surface area contributed by atoms with Gasteiger partial charge in [-0.05, 0) is 42.8 Å². The summed E-state index contributed by atoms with van der Waals surface area (Å²) in [5, 5.41) is 2.93. The fraction of sp³-hybridized carbons (Fsp3) is 0.158. The number of anilines is 1. The van der Waals surface area contributed by atoms with E-state index in [0.29, 0.717) is 13.0 Å². The van der Waals surface area contributed by atoms with Crippen LogP contribution >= 0.6 is 11.3 Å². The van der Waals surface area contributed by atoms with Crippen molar-refractivity contribution >= 4 is 33.1 Å². The Balaban J connectivity index is 1.62. The first-order chi connectivity index (χ1) is 11.7. The Morgan fingerprint density at radius 3 is 3.08 bits per heavy atom. The van der Waals surface area contributed by atoms with Crippen LogP contribution in [0.1, 0.15) is 12.5 Å². The minimum absolute atomic E-state index is 0.0514. The Morgan fingerprint density at radius 2 is 2.21 bits per heavy atom. The summed E-state index contributed by atoms with van der Waals surface area (Å²) in [4.78, 5) is 16.5. The number of aromatic nitrogens is 1. The number of nitrogens with one attached hydrogen (secondary N) is 1. The van der Waals surface area contributed by atoms with Crippen molar-refractivity contribution in [3.63, 3.8) is 0 Å². The summed E-state index contributed by atoms with van der Waals surface area (Å²) in [7, 11) is 0. The molecule has 0 unspecified atom stereocenters. The lowest BCUT2D eigenvalue weighted by molar-refractivity contribution is -0.115. The van der Waals surface area contributed by atoms with Crippen LogP contribution in [-0.2, 0) is 11.2 Å². The summed E-state index contributed by atoms with van der Waals surface area (Å²) in [6, 6.07) is 13.3. The molecule has 3 rings (SSSR count). The molecule has 0 fully saturated rings. The van der Waals surface area contributed by atoms with Crippen molar-refractivity contribution in [3.05, 3.63) is 65.7 Å². The van der Waals surface area contributed by atoms with Crippen LogP contribution in [0.3, 0.4) is 0 Å². The minimum Gasteiger partial charge on any atom is -0.490 e. The van der Waals surface area contributed by atoms with E-state index in [2.05, 4.69) is 10.3 Å². The molecule has 3 aromatic rings. The van der Waals surface area contributed by atoms with Gasteiger partial charge in [0.25, 0.3) is 0 Å². The summed E-state index contributed by atoms with van der Waals surface area (Å²) in [5.41, 5.74) is 4.46. The van der Waals surface area contributed by atoms with Crippen LogP contribution in [-0.4, -0.2) is 17.5 Å². The molecule has 0 atom stereocenters. The van der Waals surface area contributed by atoms with Crippen LogP contribution in [0.5, 0.6) is 5.75 Å². The van der Waals surface area contributed by atoms with Crippen molar-refractivity contribution in [2.24, 2.45) is 0 Å². The molecule has 1 heterocycles. The smallest absolute Gasteiger partial charge is 0.228 e. The monoisotopic (exact) mass is 338 g/mol. The SMILES string of the molecule is C/C=C/COc1cccc(CC(=O)Nc2ccc3ncsc3c2)c1. The van der Waals surface area contributed by atoms with Gasteiger partial charge in [0.05, 0.1) is 22.1 Å². The number of fused-ring (bicyclic) bond motifs is 1. The number of rotatable bonds is 6. The maximum absolute atomic E-state index is 12.3. The molecule has 0 saturated heterocycles. The summed E-state index contributed by atoms with van der Waals surface area (Å²) >= 11 is 1.56. The third kappa shape index (κ3) is 4.20. The van der Waals surface area contributed by atoms with Crippen LogP contribution in [0.25, 0.3) is 10.2 Å². The molecule has 0 radical (unpaired) electrons. The molecule has 1 aromatic heterocycles. The zero-order valence-electron chi connectivity index (χ0n) is 13.4. The number of hydrogen-bond donors (Lipinski definition) is 1. The van der Waals surface area contributed by atoms with E-state index in [-0.39, 0.29) is 5.91 Å². The number of hydrogen-bond acceptors (Lipinski definition) is 4. The average Bonchev–Trinajstić information content (AvgIpc) is 3.03. The summed E-state index contributed by atoms with van der Waals surface area (Å²) in [5.74, 6) is 0.717. The van der Waals surface area contributed by atoms with E-state index in [1.54, 1.807) is 16.8 Å². The number of benzene rings is 2. The highest BCUT2D eigenvalue weighted by Gasteiger charge is 2.06. The second-order valence-corrected chi connectivity index (χ2v) is 6.17. The average molecular weight is 338 g/mol. The molecule has 0 aliphatic carbocycles. The van der Waals surface area contributed by atoms with Crippen LogP contribution in [0, 0.1) is 0 Å². The number of ether oxygens (including phenoxy) is 1. The number of nitrogens with zero attached hydrogens (tertiary/aromatic N) is 1. The molecule has 122 valence electrons. The molecule has 24 heavy (non-hydrogen) atoms. The zero-order chi connectivity index (χ0) is 16.8. The predicted octanol–water partition coefficient (Wildman–Crippen LogP) is 4.43. The zero-order valence-corrected chi connectivity index (χ0v) is 14.2. The maximum Gasteiger partial charge on any atom is 0.228 e. The van der Waals surface area contributed by atoms with Gasteiger partial charge in [0.2, 0.25) is 5.91 Å². The van der Waals surface area contributed by atoms with Gasteiger partial charge in [-0.3, -0.25) is 4.79 Å². The van der Waals surface area contributed by atoms with Gasteiger partial charge >= 0.3 is 0 Å². The molecule has 5 heteroatoms. The van der Waals surface area contributed by atoms with Gasteiger partial charge < -0.3 is 10.1 Å². The third-order valence-electron chi connectivity index (χ3n) is 3.46. The largest absolute Gasteiger partial charge is 0.490 e. The van der Waals surface area contributed by atoms with E-state index < -0.39 is 0 Å². The number of thiazole rings is 1. The van der Waals surface area contributed by atoms with E-state index in [1.807, 2.05) is 61.5 Å². The quantitative estimate of drug-likeness (QED) is 0.676. The Labute approximate surface area is 144 Å². The fourth-order valence-corrected chi connectivity index (χ4v) is 3.03. The van der Waals surface area contributed by atoms with Gasteiger partial charge in [0.1, 0.15) is 12.4 Å². The van der Waals surface area contributed by atoms with Gasteiger partial charge in [-0.1, -0.05) is 24.3 Å². The van der Waals surface area contributed by atoms with Crippen molar-refractivity contribution in [1.29, 1.82) is 0 Å². The minimum atomic E-state index is -0.0514. The molecule has 1 N–H and O–H groups in total. The molecule has 2 aromatic carbocycles. The Kier molecular flexibility index (Phi) is 5.23. The van der Waals surface area contributed by atoms with E-state index in [9.17, 15) is 4.79 Å². The standard InChI is InChI=1S/C19H18N2O2S/c1-2-3-9-23-16-6-4-5-14(10-16)11-19(22)21-15-7-8-17-18(12-15)24-13-20-17/h2-8,10,12-13H,9,11H2,1H3,(H,21,22)/b3-2+. The summed E-state index contributed by atoms with van der Waals surface area (Å²) in [6.07, 6.45) is 4.19. The first-order valence-electron chi connectivity index (χ1n) is 7.70. The highest BCUT2D eigenvalue weighted by molar-refractivity contribution is 7.16. The van der Waals surface area contributed by atoms with Crippen LogP contribution in [0.4, 0.5) is 5.69 Å². The highest BCUT2D eigenvalue weighted by atomic mass is 32.1. The fourth-order valence-electron chi connectivity index (χ4n) is 2.31. The van der Waals surface area contributed by atoms with Crippen molar-refractivity contribution < 1.29 is 9.53 Å². The molecule has 0 bridgehead atoms. The first-order valence-corrected chi connectivity index (χ1v) is 8.58. The summed E-state index contributed by atoms with van der Waals surface area (Å²) in [6.45, 7) is 2.48. The highest BCUT2D eigenvalue weighted by Crippen LogP contribution is 2.22. The number of carbonyl (C=O) groups is 1. The predicted molar refractivity (Wildman–Crippen MR) is 98.7 cm³/mol. The van der Waals surface area contributed by atoms with Gasteiger partial charge in [-0.25, -0.2) is 4.98 Å². The lowest BCUT2D eigenvalue weighted by atomic mass is 10.1. The topological polar surface area (TPSA) is 51.2 Å². The maximum atomic E-state index is 12.3. The molecular weight excluding hydrogens is 320 g/mol. The van der Waals surface area contributed by atoms with Crippen molar-refractivity contribution in [2.45, 2.75) is 13.3 Å². The van der Waals surface area contributed by atoms with Gasteiger partial charge in [0.15, 0.2) is 0 Å². The van der Waals surface area contributed by atoms with Gasteiger partial charge in [-0.2, -0.15) is 0 Å². The van der Waals surface area contributed by atoms with Crippen LogP contribution in [0.15, 0.2) is 60.1 Å². The number of allylic oxidation sites excluding steroid dienone is 1. The molecule has 0 saturated carbocycles. The first kappa shape index (κ1) is 16.2. The van der Waals surface area contributed by atoms with E-state index in [0.717, 1.165) is 27.2 Å². The van der Waals surface area contributed by atoms with E-state index in [1.165, 1.54) is 0 Å². The van der Waals surface area contributed by atoms with Gasteiger partial charge in [0, 0.05) is 5.69 Å². The van der Waals surface area contributed by atoms with Crippen molar-refractivity contribution in [3.8, 4) is 5.75 Å². The second kappa shape index (κ2) is 7.75. The number of amides is 1. The molecule has 4 nitrogen and oxygen atoms in total. The van der Waals surface area contributed by atoms with E-state index in [4.69, 9.17) is 4.74 Å². The Bertz CT molecular complexity index is 870. The van der Waals surface area contributed by atoms with Crippen molar-refractivity contribution in [2.75, 3.05) is 11.9 Å². The van der Waals surface area contributed by atoms with Gasteiger partial charge in [-0.15, -0.1) is 11.3 Å². The van der Waals surface area contributed by atoms with Crippen LogP contribution in [0.2, 0.25) is 0 Å². The molecular formula is C19H18N2O2S. The Morgan fingerprint density at radius 1 is 1.29 bits per heavy atom.